The van der Waals surface area contributed by atoms with E-state index in [-0.39, 0.29) is 29.8 Å². The number of carbonyl (C=O) groups excluding carboxylic acids is 2. The fraction of sp³-hybridized carbons (Fsp3) is 0.750. The average Bonchev–Trinajstić information content (AvgIpc) is 2.46. The fourth-order valence-electron chi connectivity index (χ4n) is 2.22. The minimum atomic E-state index is -1.13. The molecule has 0 aromatic heterocycles. The molecule has 0 aliphatic heterocycles. The number of carboxylic acid groups (broad SMARTS) is 1. The van der Waals surface area contributed by atoms with Crippen LogP contribution in [-0.2, 0) is 14.3 Å². The van der Waals surface area contributed by atoms with Crippen molar-refractivity contribution in [1.82, 2.24) is 0 Å². The quantitative estimate of drug-likeness (QED) is 0.533. The van der Waals surface area contributed by atoms with E-state index in [2.05, 4.69) is 0 Å². The van der Waals surface area contributed by atoms with Gasteiger partial charge in [0.2, 0.25) is 0 Å². The third kappa shape index (κ3) is 8.04. The van der Waals surface area contributed by atoms with Crippen LogP contribution in [-0.4, -0.2) is 18.5 Å². The summed E-state index contributed by atoms with van der Waals surface area (Å²) in [5.41, 5.74) is 0. The van der Waals surface area contributed by atoms with Crippen LogP contribution >= 0.6 is 23.2 Å². The van der Waals surface area contributed by atoms with Gasteiger partial charge in [-0.1, -0.05) is 49.9 Å². The van der Waals surface area contributed by atoms with Gasteiger partial charge in [-0.05, 0) is 32.6 Å². The van der Waals surface area contributed by atoms with Crippen molar-refractivity contribution < 1.29 is 19.4 Å². The number of hydrogen-bond donors (Lipinski definition) is 0. The molecule has 0 N–H and O–H groups in total. The van der Waals surface area contributed by atoms with Crippen molar-refractivity contribution in [3.63, 3.8) is 0 Å². The first-order chi connectivity index (χ1) is 10.4. The zero-order valence-corrected chi connectivity index (χ0v) is 15.0. The third-order valence-electron chi connectivity index (χ3n) is 3.37. The van der Waals surface area contributed by atoms with Crippen LogP contribution in [0.2, 0.25) is 0 Å². The van der Waals surface area contributed by atoms with Crippen molar-refractivity contribution in [3.05, 3.63) is 10.1 Å². The molecule has 0 fully saturated rings. The maximum Gasteiger partial charge on any atom is 0.309 e. The number of esters is 1. The third-order valence-corrected chi connectivity index (χ3v) is 4.23. The lowest BCUT2D eigenvalue weighted by atomic mass is 9.96. The van der Waals surface area contributed by atoms with E-state index in [1.165, 1.54) is 0 Å². The molecule has 0 saturated heterocycles. The lowest BCUT2D eigenvalue weighted by molar-refractivity contribution is -0.311. The van der Waals surface area contributed by atoms with Crippen LogP contribution in [0.1, 0.15) is 59.3 Å². The number of allylic oxidation sites excluding steroid dienone is 2. The van der Waals surface area contributed by atoms with Crippen LogP contribution in [0.25, 0.3) is 0 Å². The summed E-state index contributed by atoms with van der Waals surface area (Å²) in [4.78, 5) is 22.9. The lowest BCUT2D eigenvalue weighted by Crippen LogP contribution is -2.31. The highest BCUT2D eigenvalue weighted by Crippen LogP contribution is 2.30. The molecule has 0 rings (SSSR count). The topological polar surface area (TPSA) is 66.4 Å². The van der Waals surface area contributed by atoms with E-state index in [4.69, 9.17) is 27.9 Å². The van der Waals surface area contributed by atoms with Gasteiger partial charge in [-0.25, -0.2) is 0 Å². The normalized spacial score (nSPS) is 15.0. The molecular formula is C16H25Cl2O4-. The van der Waals surface area contributed by atoms with Gasteiger partial charge in [0.05, 0.1) is 12.5 Å². The van der Waals surface area contributed by atoms with Gasteiger partial charge in [0.15, 0.2) is 0 Å². The molecule has 0 heterocycles. The molecule has 0 aliphatic carbocycles. The first-order valence-electron chi connectivity index (χ1n) is 7.77. The molecule has 0 saturated carbocycles. The fourth-order valence-corrected chi connectivity index (χ4v) is 2.74. The Morgan fingerprint density at radius 1 is 0.955 bits per heavy atom. The van der Waals surface area contributed by atoms with E-state index in [0.717, 1.165) is 12.8 Å². The number of halogens is 2. The van der Waals surface area contributed by atoms with Crippen LogP contribution in [0.3, 0.4) is 0 Å². The summed E-state index contributed by atoms with van der Waals surface area (Å²) in [5, 5.41) is 11.7. The van der Waals surface area contributed by atoms with Gasteiger partial charge in [-0.15, -0.1) is 0 Å². The highest BCUT2D eigenvalue weighted by atomic mass is 35.5. The Morgan fingerprint density at radius 3 is 1.82 bits per heavy atom. The SMILES string of the molecule is CCCC(CC(Cl)=C(Cl)CC(CCC)C(=O)OCC)C(=O)[O-]. The van der Waals surface area contributed by atoms with E-state index in [9.17, 15) is 14.7 Å². The molecule has 0 amide bonds. The maximum absolute atomic E-state index is 11.9. The van der Waals surface area contributed by atoms with E-state index in [1.54, 1.807) is 6.92 Å². The first-order valence-corrected chi connectivity index (χ1v) is 8.53. The summed E-state index contributed by atoms with van der Waals surface area (Å²) in [5.74, 6) is -2.42. The second-order valence-corrected chi connectivity index (χ2v) is 6.17. The van der Waals surface area contributed by atoms with E-state index in [1.807, 2.05) is 13.8 Å². The second-order valence-electron chi connectivity index (χ2n) is 5.26. The van der Waals surface area contributed by atoms with E-state index in [0.29, 0.717) is 24.5 Å². The van der Waals surface area contributed by atoms with Gasteiger partial charge in [-0.2, -0.15) is 0 Å². The minimum Gasteiger partial charge on any atom is -0.550 e. The first kappa shape index (κ1) is 21.3. The monoisotopic (exact) mass is 351 g/mol. The molecule has 2 unspecified atom stereocenters. The highest BCUT2D eigenvalue weighted by Gasteiger charge is 2.22. The standard InChI is InChI=1S/C16H26Cl2O4/c1-4-7-11(15(19)20)9-13(17)14(18)10-12(8-5-2)16(21)22-6-3/h11-12H,4-10H2,1-3H3,(H,19,20)/p-1. The Balaban J connectivity index is 4.88. The summed E-state index contributed by atoms with van der Waals surface area (Å²) >= 11 is 12.3. The zero-order valence-electron chi connectivity index (χ0n) is 13.5. The molecule has 128 valence electrons. The molecule has 6 heteroatoms. The second kappa shape index (κ2) is 11.8. The zero-order chi connectivity index (χ0) is 17.1. The number of aliphatic carboxylic acids is 1. The Bertz CT molecular complexity index is 394. The minimum absolute atomic E-state index is 0.137. The molecule has 0 spiro atoms. The predicted molar refractivity (Wildman–Crippen MR) is 86.4 cm³/mol. The number of hydrogen-bond acceptors (Lipinski definition) is 4. The molecular weight excluding hydrogens is 327 g/mol. The molecule has 22 heavy (non-hydrogen) atoms. The van der Waals surface area contributed by atoms with Gasteiger partial charge < -0.3 is 14.6 Å². The van der Waals surface area contributed by atoms with Crippen molar-refractivity contribution in [3.8, 4) is 0 Å². The highest BCUT2D eigenvalue weighted by molar-refractivity contribution is 6.39. The van der Waals surface area contributed by atoms with Gasteiger partial charge in [0.25, 0.3) is 0 Å². The number of carbonyl (C=O) groups is 2. The Hall–Kier alpha value is -0.740. The van der Waals surface area contributed by atoms with Gasteiger partial charge in [-0.3, -0.25) is 4.79 Å². The van der Waals surface area contributed by atoms with Crippen LogP contribution in [0.15, 0.2) is 10.1 Å². The van der Waals surface area contributed by atoms with Crippen LogP contribution in [0.4, 0.5) is 0 Å². The summed E-state index contributed by atoms with van der Waals surface area (Å²) in [6.07, 6.45) is 3.10. The Kier molecular flexibility index (Phi) is 11.4. The van der Waals surface area contributed by atoms with Crippen LogP contribution < -0.4 is 5.11 Å². The average molecular weight is 352 g/mol. The molecule has 4 nitrogen and oxygen atoms in total. The van der Waals surface area contributed by atoms with Crippen molar-refractivity contribution >= 4 is 35.1 Å². The molecule has 0 aromatic carbocycles. The summed E-state index contributed by atoms with van der Waals surface area (Å²) in [7, 11) is 0. The van der Waals surface area contributed by atoms with Gasteiger partial charge in [0.1, 0.15) is 0 Å². The van der Waals surface area contributed by atoms with Gasteiger partial charge >= 0.3 is 5.97 Å². The molecule has 2 atom stereocenters. The largest absolute Gasteiger partial charge is 0.550 e. The van der Waals surface area contributed by atoms with E-state index < -0.39 is 11.9 Å². The Morgan fingerprint density at radius 2 is 1.41 bits per heavy atom. The maximum atomic E-state index is 11.9. The van der Waals surface area contributed by atoms with Crippen LogP contribution in [0.5, 0.6) is 0 Å². The number of rotatable bonds is 11. The van der Waals surface area contributed by atoms with Crippen LogP contribution in [0, 0.1) is 11.8 Å². The number of carboxylic acids is 1. The molecule has 0 aromatic rings. The summed E-state index contributed by atoms with van der Waals surface area (Å²) in [6, 6.07) is 0. The molecule has 0 radical (unpaired) electrons. The van der Waals surface area contributed by atoms with Crippen molar-refractivity contribution in [2.45, 2.75) is 59.3 Å². The predicted octanol–water partition coefficient (Wildman–Crippen LogP) is 3.60. The van der Waals surface area contributed by atoms with Crippen molar-refractivity contribution in [1.29, 1.82) is 0 Å². The molecule has 0 aliphatic rings. The summed E-state index contributed by atoms with van der Waals surface area (Å²) in [6.45, 7) is 5.93. The molecule has 0 bridgehead atoms. The van der Waals surface area contributed by atoms with Gasteiger partial charge in [0, 0.05) is 22.0 Å². The smallest absolute Gasteiger partial charge is 0.309 e. The van der Waals surface area contributed by atoms with Crippen molar-refractivity contribution in [2.24, 2.45) is 11.8 Å². The van der Waals surface area contributed by atoms with E-state index >= 15 is 0 Å². The number of ether oxygens (including phenoxy) is 1. The summed E-state index contributed by atoms with van der Waals surface area (Å²) < 4.78 is 5.03. The Labute approximate surface area is 142 Å². The van der Waals surface area contributed by atoms with Crippen molar-refractivity contribution in [2.75, 3.05) is 6.61 Å². The lowest BCUT2D eigenvalue weighted by Gasteiger charge is -2.19.